The van der Waals surface area contributed by atoms with Crippen LogP contribution in [-0.4, -0.2) is 28.1 Å². The minimum absolute atomic E-state index is 0.0401. The molecule has 27 heavy (non-hydrogen) atoms. The van der Waals surface area contributed by atoms with Gasteiger partial charge in [-0.1, -0.05) is 75.3 Å². The number of aryl methyl sites for hydroxylation is 1. The summed E-state index contributed by atoms with van der Waals surface area (Å²) >= 11 is 1.40. The smallest absolute Gasteiger partial charge is 0.249 e. The van der Waals surface area contributed by atoms with Gasteiger partial charge in [-0.3, -0.25) is 14.9 Å². The molecule has 1 unspecified atom stereocenters. The molecule has 146 valence electrons. The molecule has 0 radical (unpaired) electrons. The van der Waals surface area contributed by atoms with Gasteiger partial charge in [0, 0.05) is 6.42 Å². The molecule has 2 N–H and O–H groups in total. The third-order valence-corrected chi connectivity index (χ3v) is 5.06. The summed E-state index contributed by atoms with van der Waals surface area (Å²) in [6.45, 7) is 5.97. The molecule has 0 saturated carbocycles. The van der Waals surface area contributed by atoms with Crippen molar-refractivity contribution in [1.29, 1.82) is 0 Å². The number of carbonyl (C=O) groups excluding carboxylic acids is 2. The van der Waals surface area contributed by atoms with Crippen molar-refractivity contribution in [2.45, 2.75) is 58.9 Å². The number of nitrogens with zero attached hydrogens (tertiary/aromatic N) is 2. The van der Waals surface area contributed by atoms with E-state index in [9.17, 15) is 9.59 Å². The first-order valence-electron chi connectivity index (χ1n) is 9.46. The van der Waals surface area contributed by atoms with E-state index >= 15 is 0 Å². The van der Waals surface area contributed by atoms with Gasteiger partial charge in [0.2, 0.25) is 16.9 Å². The third-order valence-electron chi connectivity index (χ3n) is 4.16. The van der Waals surface area contributed by atoms with E-state index in [4.69, 9.17) is 0 Å². The predicted octanol–water partition coefficient (Wildman–Crippen LogP) is 3.59. The van der Waals surface area contributed by atoms with E-state index in [-0.39, 0.29) is 24.2 Å². The van der Waals surface area contributed by atoms with Crippen LogP contribution in [0.4, 0.5) is 5.13 Å². The Bertz CT molecular complexity index is 731. The van der Waals surface area contributed by atoms with E-state index in [2.05, 4.69) is 27.8 Å². The second-order valence-electron chi connectivity index (χ2n) is 6.90. The Morgan fingerprint density at radius 3 is 2.52 bits per heavy atom. The Morgan fingerprint density at radius 1 is 1.11 bits per heavy atom. The van der Waals surface area contributed by atoms with Crippen molar-refractivity contribution in [1.82, 2.24) is 15.5 Å². The molecule has 0 aliphatic heterocycles. The van der Waals surface area contributed by atoms with E-state index in [0.29, 0.717) is 5.13 Å². The lowest BCUT2D eigenvalue weighted by Gasteiger charge is -2.21. The quantitative estimate of drug-likeness (QED) is 0.609. The minimum Gasteiger partial charge on any atom is -0.344 e. The van der Waals surface area contributed by atoms with Crippen LogP contribution < -0.4 is 10.6 Å². The van der Waals surface area contributed by atoms with Gasteiger partial charge in [0.1, 0.15) is 11.0 Å². The molecule has 0 bridgehead atoms. The van der Waals surface area contributed by atoms with Crippen molar-refractivity contribution >= 4 is 28.3 Å². The molecule has 1 heterocycles. The number of hydrogen-bond acceptors (Lipinski definition) is 5. The number of amides is 2. The fourth-order valence-corrected chi connectivity index (χ4v) is 3.44. The summed E-state index contributed by atoms with van der Waals surface area (Å²) in [7, 11) is 0. The van der Waals surface area contributed by atoms with Crippen molar-refractivity contribution in [2.75, 3.05) is 5.32 Å². The van der Waals surface area contributed by atoms with E-state index in [1.807, 2.05) is 44.2 Å². The Hall–Kier alpha value is -2.28. The molecule has 7 heteroatoms. The Balaban J connectivity index is 1.91. The maximum Gasteiger partial charge on any atom is 0.249 e. The number of hydrogen-bond donors (Lipinski definition) is 2. The zero-order valence-electron chi connectivity index (χ0n) is 16.2. The number of rotatable bonds is 10. The highest BCUT2D eigenvalue weighted by Gasteiger charge is 2.25. The van der Waals surface area contributed by atoms with Gasteiger partial charge in [-0.2, -0.15) is 0 Å². The molecule has 0 saturated heterocycles. The summed E-state index contributed by atoms with van der Waals surface area (Å²) in [5.41, 5.74) is 0.916. The topological polar surface area (TPSA) is 84.0 Å². The molecule has 2 amide bonds. The van der Waals surface area contributed by atoms with E-state index in [0.717, 1.165) is 36.3 Å². The van der Waals surface area contributed by atoms with Crippen LogP contribution in [0, 0.1) is 5.92 Å². The van der Waals surface area contributed by atoms with Gasteiger partial charge < -0.3 is 5.32 Å². The number of carbonyl (C=O) groups is 2. The van der Waals surface area contributed by atoms with Crippen LogP contribution in [0.25, 0.3) is 0 Å². The monoisotopic (exact) mass is 388 g/mol. The van der Waals surface area contributed by atoms with Crippen molar-refractivity contribution in [3.05, 3.63) is 40.9 Å². The average molecular weight is 389 g/mol. The number of unbranched alkanes of at least 4 members (excludes halogenated alkanes) is 2. The summed E-state index contributed by atoms with van der Waals surface area (Å²) in [6, 6.07) is 8.86. The lowest BCUT2D eigenvalue weighted by Crippen LogP contribution is -2.47. The van der Waals surface area contributed by atoms with Gasteiger partial charge >= 0.3 is 0 Å². The first-order valence-corrected chi connectivity index (χ1v) is 10.3. The second kappa shape index (κ2) is 10.8. The highest BCUT2D eigenvalue weighted by Crippen LogP contribution is 2.18. The van der Waals surface area contributed by atoms with Crippen molar-refractivity contribution in [3.63, 3.8) is 0 Å². The third kappa shape index (κ3) is 7.09. The van der Waals surface area contributed by atoms with Crippen LogP contribution in [0.3, 0.4) is 0 Å². The highest BCUT2D eigenvalue weighted by molar-refractivity contribution is 7.15. The predicted molar refractivity (Wildman–Crippen MR) is 109 cm³/mol. The molecule has 0 aliphatic carbocycles. The fourth-order valence-electron chi connectivity index (χ4n) is 2.66. The first-order chi connectivity index (χ1) is 13.0. The molecule has 6 nitrogen and oxygen atoms in total. The fraction of sp³-hybridized carbons (Fsp3) is 0.500. The van der Waals surface area contributed by atoms with Gasteiger partial charge in [0.25, 0.3) is 0 Å². The minimum atomic E-state index is -0.617. The Morgan fingerprint density at radius 2 is 1.85 bits per heavy atom. The summed E-state index contributed by atoms with van der Waals surface area (Å²) in [4.78, 5) is 24.9. The largest absolute Gasteiger partial charge is 0.344 e. The lowest BCUT2D eigenvalue weighted by molar-refractivity contribution is -0.127. The van der Waals surface area contributed by atoms with Crippen LogP contribution in [-0.2, 0) is 22.4 Å². The maximum absolute atomic E-state index is 12.6. The molecule has 2 rings (SSSR count). The Labute approximate surface area is 164 Å². The highest BCUT2D eigenvalue weighted by atomic mass is 32.1. The van der Waals surface area contributed by atoms with Crippen LogP contribution in [0.2, 0.25) is 0 Å². The lowest BCUT2D eigenvalue weighted by atomic mass is 10.0. The molecule has 0 aliphatic rings. The van der Waals surface area contributed by atoms with Crippen LogP contribution >= 0.6 is 11.3 Å². The van der Waals surface area contributed by atoms with Gasteiger partial charge in [0.15, 0.2) is 0 Å². The van der Waals surface area contributed by atoms with Crippen molar-refractivity contribution in [2.24, 2.45) is 5.92 Å². The van der Waals surface area contributed by atoms with Gasteiger partial charge in [-0.05, 0) is 17.9 Å². The number of aromatic nitrogens is 2. The van der Waals surface area contributed by atoms with E-state index in [1.54, 1.807) is 0 Å². The molecule has 1 atom stereocenters. The van der Waals surface area contributed by atoms with E-state index in [1.165, 1.54) is 11.3 Å². The molecular formula is C20H28N4O2S. The van der Waals surface area contributed by atoms with Gasteiger partial charge in [-0.15, -0.1) is 10.2 Å². The molecular weight excluding hydrogens is 360 g/mol. The summed E-state index contributed by atoms with van der Waals surface area (Å²) < 4.78 is 0. The normalized spacial score (nSPS) is 12.0. The zero-order valence-corrected chi connectivity index (χ0v) is 17.0. The second-order valence-corrected chi connectivity index (χ2v) is 7.96. The SMILES string of the molecule is CCCCCc1nnc(NC(=O)C(NC(=O)Cc2ccccc2)C(C)C)s1. The van der Waals surface area contributed by atoms with Crippen molar-refractivity contribution in [3.8, 4) is 0 Å². The van der Waals surface area contributed by atoms with E-state index < -0.39 is 6.04 Å². The maximum atomic E-state index is 12.6. The molecule has 0 spiro atoms. The molecule has 1 aromatic heterocycles. The summed E-state index contributed by atoms with van der Waals surface area (Å²) in [5, 5.41) is 15.2. The molecule has 0 fully saturated rings. The van der Waals surface area contributed by atoms with Gasteiger partial charge in [-0.25, -0.2) is 0 Å². The zero-order chi connectivity index (χ0) is 19.6. The average Bonchev–Trinajstić information content (AvgIpc) is 3.07. The summed E-state index contributed by atoms with van der Waals surface area (Å²) in [5.74, 6) is -0.475. The van der Waals surface area contributed by atoms with Crippen LogP contribution in [0.15, 0.2) is 30.3 Å². The Kier molecular flexibility index (Phi) is 8.39. The van der Waals surface area contributed by atoms with Crippen LogP contribution in [0.5, 0.6) is 0 Å². The molecule has 2 aromatic rings. The molecule has 1 aromatic carbocycles. The number of nitrogens with one attached hydrogen (secondary N) is 2. The summed E-state index contributed by atoms with van der Waals surface area (Å²) in [6.07, 6.45) is 4.51. The van der Waals surface area contributed by atoms with Crippen molar-refractivity contribution < 1.29 is 9.59 Å². The van der Waals surface area contributed by atoms with Gasteiger partial charge in [0.05, 0.1) is 6.42 Å². The number of anilines is 1. The van der Waals surface area contributed by atoms with Crippen LogP contribution in [0.1, 0.15) is 50.6 Å². The number of benzene rings is 1. The standard InChI is InChI=1S/C20H28N4O2S/c1-4-5-7-12-17-23-24-20(27-17)22-19(26)18(14(2)3)21-16(25)13-15-10-8-6-9-11-15/h6,8-11,14,18H,4-5,7,12-13H2,1-3H3,(H,21,25)(H,22,24,26). The first kappa shape index (κ1) is 21.0.